The number of amides is 2. The molecule has 3 N–H and O–H groups in total. The summed E-state index contributed by atoms with van der Waals surface area (Å²) in [4.78, 5) is 23.2. The second-order valence-electron chi connectivity index (χ2n) is 8.21. The zero-order chi connectivity index (χ0) is 23.3. The van der Waals surface area contributed by atoms with E-state index in [9.17, 15) is 14.3 Å². The molecule has 32 heavy (non-hydrogen) atoms. The largest absolute Gasteiger partial charge is 0.388 e. The van der Waals surface area contributed by atoms with Crippen molar-refractivity contribution in [1.82, 2.24) is 15.3 Å². The average molecular weight is 438 g/mol. The molecule has 2 aromatic carbocycles. The molecule has 0 aliphatic heterocycles. The molecule has 168 valence electrons. The third-order valence-corrected chi connectivity index (χ3v) is 5.13. The van der Waals surface area contributed by atoms with E-state index in [0.29, 0.717) is 18.1 Å². The molecule has 1 heterocycles. The minimum absolute atomic E-state index is 0.260. The molecule has 3 rings (SSSR count). The van der Waals surface area contributed by atoms with E-state index in [1.165, 1.54) is 35.4 Å². The maximum Gasteiger partial charge on any atom is 0.327 e. The number of hydrogen-bond donors (Lipinski definition) is 3. The Labute approximate surface area is 187 Å². The Hall–Kier alpha value is -3.52. The number of aryl methyl sites for hydroxylation is 1. The van der Waals surface area contributed by atoms with Crippen LogP contribution in [0.4, 0.5) is 26.6 Å². The van der Waals surface area contributed by atoms with Crippen LogP contribution in [0.5, 0.6) is 0 Å². The molecular formula is C24H28FN5O2. The summed E-state index contributed by atoms with van der Waals surface area (Å²) in [6.45, 7) is 7.48. The lowest BCUT2D eigenvalue weighted by molar-refractivity contribution is 0.0646. The van der Waals surface area contributed by atoms with Gasteiger partial charge in [0.1, 0.15) is 11.6 Å². The Balaban J connectivity index is 1.87. The Morgan fingerprint density at radius 3 is 2.41 bits per heavy atom. The van der Waals surface area contributed by atoms with E-state index < -0.39 is 17.4 Å². The summed E-state index contributed by atoms with van der Waals surface area (Å²) in [5, 5.41) is 16.1. The van der Waals surface area contributed by atoms with Crippen molar-refractivity contribution >= 4 is 23.5 Å². The van der Waals surface area contributed by atoms with Crippen LogP contribution in [-0.4, -0.2) is 32.7 Å². The van der Waals surface area contributed by atoms with Crippen molar-refractivity contribution in [3.63, 3.8) is 0 Å². The molecular weight excluding hydrogens is 409 g/mol. The van der Waals surface area contributed by atoms with Gasteiger partial charge in [0.05, 0.1) is 17.3 Å². The highest BCUT2D eigenvalue weighted by molar-refractivity contribution is 5.98. The molecule has 0 unspecified atom stereocenters. The molecule has 0 bridgehead atoms. The summed E-state index contributed by atoms with van der Waals surface area (Å²) < 4.78 is 13.5. The number of anilines is 3. The van der Waals surface area contributed by atoms with Crippen LogP contribution in [0.1, 0.15) is 31.9 Å². The van der Waals surface area contributed by atoms with Crippen LogP contribution in [0.25, 0.3) is 0 Å². The molecule has 0 saturated carbocycles. The maximum atomic E-state index is 13.5. The van der Waals surface area contributed by atoms with E-state index in [1.807, 2.05) is 38.1 Å². The monoisotopic (exact) mass is 437 g/mol. The molecule has 1 aromatic heterocycles. The number of nitrogens with zero attached hydrogens (tertiary/aromatic N) is 3. The van der Waals surface area contributed by atoms with Gasteiger partial charge in [0.25, 0.3) is 0 Å². The van der Waals surface area contributed by atoms with E-state index in [1.54, 1.807) is 19.9 Å². The number of rotatable bonds is 7. The van der Waals surface area contributed by atoms with Crippen molar-refractivity contribution in [3.05, 3.63) is 77.7 Å². The van der Waals surface area contributed by atoms with E-state index in [4.69, 9.17) is 0 Å². The second-order valence-corrected chi connectivity index (χ2v) is 8.21. The Morgan fingerprint density at radius 1 is 1.12 bits per heavy atom. The van der Waals surface area contributed by atoms with E-state index in [0.717, 1.165) is 11.1 Å². The molecule has 0 fully saturated rings. The number of benzene rings is 2. The maximum absolute atomic E-state index is 13.5. The highest BCUT2D eigenvalue weighted by Gasteiger charge is 2.24. The predicted molar refractivity (Wildman–Crippen MR) is 123 cm³/mol. The fourth-order valence-electron chi connectivity index (χ4n) is 2.82. The number of aliphatic hydroxyl groups is 1. The predicted octanol–water partition coefficient (Wildman–Crippen LogP) is 4.54. The summed E-state index contributed by atoms with van der Waals surface area (Å²) in [7, 11) is 0. The number of carbonyl (C=O) groups is 1. The summed E-state index contributed by atoms with van der Waals surface area (Å²) in [5.74, 6) is 0.159. The van der Waals surface area contributed by atoms with Crippen molar-refractivity contribution in [3.8, 4) is 0 Å². The average Bonchev–Trinajstić information content (AvgIpc) is 2.74. The Kier molecular flexibility index (Phi) is 7.05. The van der Waals surface area contributed by atoms with E-state index in [2.05, 4.69) is 20.6 Å². The van der Waals surface area contributed by atoms with Crippen LogP contribution >= 0.6 is 0 Å². The summed E-state index contributed by atoms with van der Waals surface area (Å²) >= 11 is 0. The molecule has 0 aliphatic rings. The topological polar surface area (TPSA) is 90.4 Å². The van der Waals surface area contributed by atoms with Gasteiger partial charge >= 0.3 is 6.03 Å². The third-order valence-electron chi connectivity index (χ3n) is 5.13. The lowest BCUT2D eigenvalue weighted by Gasteiger charge is -2.27. The van der Waals surface area contributed by atoms with Crippen molar-refractivity contribution in [1.29, 1.82) is 0 Å². The van der Waals surface area contributed by atoms with Gasteiger partial charge in [-0.2, -0.15) is 4.98 Å². The molecule has 7 nitrogen and oxygen atoms in total. The SMILES string of the molecule is Cc1ccc(CNC(=O)N(c2ccc(F)cc2)c2ccnc(N[C@@H](C)C(C)(C)O)n2)cc1. The Bertz CT molecular complexity index is 1050. The van der Waals surface area contributed by atoms with Gasteiger partial charge in [-0.15, -0.1) is 0 Å². The smallest absolute Gasteiger partial charge is 0.327 e. The third kappa shape index (κ3) is 6.01. The highest BCUT2D eigenvalue weighted by Crippen LogP contribution is 2.25. The van der Waals surface area contributed by atoms with Crippen LogP contribution < -0.4 is 15.5 Å². The van der Waals surface area contributed by atoms with Gasteiger partial charge in [-0.05, 0) is 57.5 Å². The van der Waals surface area contributed by atoms with Crippen molar-refractivity contribution in [2.24, 2.45) is 0 Å². The number of halogens is 1. The molecule has 1 atom stereocenters. The first-order valence-electron chi connectivity index (χ1n) is 10.3. The number of carbonyl (C=O) groups excluding carboxylic acids is 1. The number of hydrogen-bond acceptors (Lipinski definition) is 5. The summed E-state index contributed by atoms with van der Waals surface area (Å²) in [6, 6.07) is 14.3. The normalized spacial score (nSPS) is 12.2. The number of urea groups is 1. The van der Waals surface area contributed by atoms with Crippen LogP contribution in [-0.2, 0) is 6.54 Å². The standard InChI is InChI=1S/C24H28FN5O2/c1-16-5-7-18(8-6-16)15-27-23(31)30(20-11-9-19(25)10-12-20)21-13-14-26-22(29-21)28-17(2)24(3,4)32/h5-14,17,32H,15H2,1-4H3,(H,27,31)(H,26,28,29)/t17-/m0/s1. The fourth-order valence-corrected chi connectivity index (χ4v) is 2.82. The molecule has 3 aromatic rings. The first kappa shape index (κ1) is 23.1. The number of aromatic nitrogens is 2. The lowest BCUT2D eigenvalue weighted by atomic mass is 10.0. The van der Waals surface area contributed by atoms with Crippen LogP contribution in [0, 0.1) is 12.7 Å². The minimum Gasteiger partial charge on any atom is -0.388 e. The van der Waals surface area contributed by atoms with Gasteiger partial charge in [-0.1, -0.05) is 29.8 Å². The van der Waals surface area contributed by atoms with E-state index in [-0.39, 0.29) is 12.0 Å². The second kappa shape index (κ2) is 9.74. The molecule has 0 spiro atoms. The van der Waals surface area contributed by atoms with Gasteiger partial charge in [-0.3, -0.25) is 0 Å². The van der Waals surface area contributed by atoms with Crippen molar-refractivity contribution < 1.29 is 14.3 Å². The molecule has 0 radical (unpaired) electrons. The fraction of sp³-hybridized carbons (Fsp3) is 0.292. The molecule has 0 aliphatic carbocycles. The summed E-state index contributed by atoms with van der Waals surface area (Å²) in [6.07, 6.45) is 1.52. The highest BCUT2D eigenvalue weighted by atomic mass is 19.1. The summed E-state index contributed by atoms with van der Waals surface area (Å²) in [5.41, 5.74) is 1.54. The lowest BCUT2D eigenvalue weighted by Crippen LogP contribution is -2.40. The Morgan fingerprint density at radius 2 is 1.78 bits per heavy atom. The molecule has 8 heteroatoms. The minimum atomic E-state index is -0.999. The molecule has 2 amide bonds. The van der Waals surface area contributed by atoms with Crippen molar-refractivity contribution in [2.45, 2.75) is 45.9 Å². The van der Waals surface area contributed by atoms with Gasteiger partial charge in [0.15, 0.2) is 0 Å². The van der Waals surface area contributed by atoms with Gasteiger partial charge < -0.3 is 15.7 Å². The van der Waals surface area contributed by atoms with Crippen molar-refractivity contribution in [2.75, 3.05) is 10.2 Å². The first-order chi connectivity index (χ1) is 15.1. The number of nitrogens with one attached hydrogen (secondary N) is 2. The van der Waals surface area contributed by atoms with Crippen LogP contribution in [0.3, 0.4) is 0 Å². The van der Waals surface area contributed by atoms with Gasteiger partial charge in [-0.25, -0.2) is 19.1 Å². The van der Waals surface area contributed by atoms with Gasteiger partial charge in [0, 0.05) is 18.8 Å². The molecule has 0 saturated heterocycles. The zero-order valence-corrected chi connectivity index (χ0v) is 18.6. The zero-order valence-electron chi connectivity index (χ0n) is 18.6. The van der Waals surface area contributed by atoms with E-state index >= 15 is 0 Å². The first-order valence-corrected chi connectivity index (χ1v) is 10.3. The van der Waals surface area contributed by atoms with Gasteiger partial charge in [0.2, 0.25) is 5.95 Å². The van der Waals surface area contributed by atoms with Crippen LogP contribution in [0.2, 0.25) is 0 Å². The quantitative estimate of drug-likeness (QED) is 0.505. The van der Waals surface area contributed by atoms with Crippen LogP contribution in [0.15, 0.2) is 60.8 Å².